The normalized spacial score (nSPS) is 11.1. The first-order valence-electron chi connectivity index (χ1n) is 6.31. The minimum absolute atomic E-state index is 0.828. The lowest BCUT2D eigenvalue weighted by atomic mass is 10.3. The summed E-state index contributed by atoms with van der Waals surface area (Å²) < 4.78 is 7.68. The summed E-state index contributed by atoms with van der Waals surface area (Å²) in [5.41, 5.74) is 1.93. The number of nitrogens with one attached hydrogen (secondary N) is 1. The standard InChI is InChI=1S/C14H16N4O/c1-10-3-4-12(19-10)5-7-18-8-6-15-14(18)13-11(2)16-9-17-13/h3-4,6,8-9H,5,7H2,1-2H3,(H,16,17). The molecule has 98 valence electrons. The summed E-state index contributed by atoms with van der Waals surface area (Å²) in [6, 6.07) is 4.01. The van der Waals surface area contributed by atoms with E-state index >= 15 is 0 Å². The van der Waals surface area contributed by atoms with E-state index in [1.807, 2.05) is 32.2 Å². The van der Waals surface area contributed by atoms with Gasteiger partial charge in [-0.15, -0.1) is 0 Å². The fourth-order valence-electron chi connectivity index (χ4n) is 2.14. The minimum Gasteiger partial charge on any atom is -0.466 e. The lowest BCUT2D eigenvalue weighted by Gasteiger charge is -2.05. The van der Waals surface area contributed by atoms with Gasteiger partial charge >= 0.3 is 0 Å². The van der Waals surface area contributed by atoms with Gasteiger partial charge in [0, 0.05) is 31.1 Å². The Morgan fingerprint density at radius 2 is 2.16 bits per heavy atom. The third-order valence-corrected chi connectivity index (χ3v) is 3.15. The molecule has 0 aliphatic carbocycles. The zero-order valence-corrected chi connectivity index (χ0v) is 11.1. The molecule has 0 bridgehead atoms. The number of aromatic nitrogens is 4. The highest BCUT2D eigenvalue weighted by molar-refractivity contribution is 5.52. The Labute approximate surface area is 111 Å². The van der Waals surface area contributed by atoms with Crippen molar-refractivity contribution in [3.05, 3.63) is 48.1 Å². The predicted octanol–water partition coefficient (Wildman–Crippen LogP) is 2.73. The van der Waals surface area contributed by atoms with Gasteiger partial charge in [-0.2, -0.15) is 0 Å². The summed E-state index contributed by atoms with van der Waals surface area (Å²) in [6.45, 7) is 4.78. The molecular weight excluding hydrogens is 240 g/mol. The van der Waals surface area contributed by atoms with E-state index in [9.17, 15) is 0 Å². The van der Waals surface area contributed by atoms with Crippen LogP contribution in [0.25, 0.3) is 11.5 Å². The van der Waals surface area contributed by atoms with E-state index in [0.29, 0.717) is 0 Å². The summed E-state index contributed by atoms with van der Waals surface area (Å²) >= 11 is 0. The van der Waals surface area contributed by atoms with Crippen molar-refractivity contribution < 1.29 is 4.42 Å². The third kappa shape index (κ3) is 2.31. The van der Waals surface area contributed by atoms with Crippen molar-refractivity contribution in [3.63, 3.8) is 0 Å². The summed E-state index contributed by atoms with van der Waals surface area (Å²) in [4.78, 5) is 11.8. The quantitative estimate of drug-likeness (QED) is 0.780. The average Bonchev–Trinajstić information content (AvgIpc) is 3.07. The molecule has 5 nitrogen and oxygen atoms in total. The molecule has 0 saturated heterocycles. The number of hydrogen-bond donors (Lipinski definition) is 1. The lowest BCUT2D eigenvalue weighted by molar-refractivity contribution is 0.469. The van der Waals surface area contributed by atoms with Gasteiger partial charge in [-0.1, -0.05) is 0 Å². The molecule has 3 heterocycles. The van der Waals surface area contributed by atoms with Crippen molar-refractivity contribution in [2.75, 3.05) is 0 Å². The van der Waals surface area contributed by atoms with Crippen LogP contribution in [-0.2, 0) is 13.0 Å². The zero-order valence-electron chi connectivity index (χ0n) is 11.1. The van der Waals surface area contributed by atoms with E-state index in [-0.39, 0.29) is 0 Å². The first kappa shape index (κ1) is 11.8. The number of H-pyrrole nitrogens is 1. The van der Waals surface area contributed by atoms with Crippen molar-refractivity contribution in [1.29, 1.82) is 0 Å². The zero-order chi connectivity index (χ0) is 13.2. The number of nitrogens with zero attached hydrogens (tertiary/aromatic N) is 3. The molecule has 3 aromatic rings. The number of furan rings is 1. The van der Waals surface area contributed by atoms with Crippen LogP contribution in [0.5, 0.6) is 0 Å². The molecule has 0 aliphatic rings. The molecule has 0 atom stereocenters. The van der Waals surface area contributed by atoms with Gasteiger partial charge in [0.2, 0.25) is 0 Å². The van der Waals surface area contributed by atoms with Crippen molar-refractivity contribution in [2.45, 2.75) is 26.8 Å². The second kappa shape index (κ2) is 4.76. The Hall–Kier alpha value is -2.30. The van der Waals surface area contributed by atoms with Crippen molar-refractivity contribution >= 4 is 0 Å². The van der Waals surface area contributed by atoms with Crippen LogP contribution in [0.2, 0.25) is 0 Å². The number of imidazole rings is 2. The molecule has 0 saturated carbocycles. The molecule has 0 unspecified atom stereocenters. The van der Waals surface area contributed by atoms with Crippen LogP contribution in [0, 0.1) is 13.8 Å². The largest absolute Gasteiger partial charge is 0.466 e. The molecule has 0 aromatic carbocycles. The van der Waals surface area contributed by atoms with Crippen LogP contribution in [-0.4, -0.2) is 19.5 Å². The van der Waals surface area contributed by atoms with Gasteiger partial charge < -0.3 is 14.0 Å². The first-order valence-corrected chi connectivity index (χ1v) is 6.31. The SMILES string of the molecule is Cc1ccc(CCn2ccnc2-c2nc[nH]c2C)o1. The maximum absolute atomic E-state index is 5.58. The van der Waals surface area contributed by atoms with Crippen LogP contribution in [0.4, 0.5) is 0 Å². The van der Waals surface area contributed by atoms with Crippen LogP contribution in [0.1, 0.15) is 17.2 Å². The van der Waals surface area contributed by atoms with Crippen molar-refractivity contribution in [2.24, 2.45) is 0 Å². The highest BCUT2D eigenvalue weighted by Crippen LogP contribution is 2.18. The predicted molar refractivity (Wildman–Crippen MR) is 71.7 cm³/mol. The first-order chi connectivity index (χ1) is 9.24. The summed E-state index contributed by atoms with van der Waals surface area (Å²) in [5.74, 6) is 2.84. The summed E-state index contributed by atoms with van der Waals surface area (Å²) in [5, 5.41) is 0. The van der Waals surface area contributed by atoms with E-state index in [1.165, 1.54) is 0 Å². The van der Waals surface area contributed by atoms with Gasteiger partial charge in [-0.25, -0.2) is 9.97 Å². The van der Waals surface area contributed by atoms with Crippen LogP contribution >= 0.6 is 0 Å². The fourth-order valence-corrected chi connectivity index (χ4v) is 2.14. The summed E-state index contributed by atoms with van der Waals surface area (Å²) in [6.07, 6.45) is 6.32. The summed E-state index contributed by atoms with van der Waals surface area (Å²) in [7, 11) is 0. The highest BCUT2D eigenvalue weighted by Gasteiger charge is 2.11. The Kier molecular flexibility index (Phi) is 2.95. The monoisotopic (exact) mass is 256 g/mol. The number of hydrogen-bond acceptors (Lipinski definition) is 3. The number of aromatic amines is 1. The maximum Gasteiger partial charge on any atom is 0.160 e. The topological polar surface area (TPSA) is 59.6 Å². The van der Waals surface area contributed by atoms with E-state index in [2.05, 4.69) is 19.5 Å². The van der Waals surface area contributed by atoms with Gasteiger partial charge in [-0.3, -0.25) is 0 Å². The van der Waals surface area contributed by atoms with E-state index in [4.69, 9.17) is 4.42 Å². The van der Waals surface area contributed by atoms with Crippen LogP contribution in [0.15, 0.2) is 35.3 Å². The van der Waals surface area contributed by atoms with Gasteiger partial charge in [-0.05, 0) is 26.0 Å². The highest BCUT2D eigenvalue weighted by atomic mass is 16.3. The average molecular weight is 256 g/mol. The molecule has 0 aliphatic heterocycles. The van der Waals surface area contributed by atoms with Crippen LogP contribution < -0.4 is 0 Å². The molecule has 0 radical (unpaired) electrons. The van der Waals surface area contributed by atoms with Crippen molar-refractivity contribution in [1.82, 2.24) is 19.5 Å². The molecule has 0 fully saturated rings. The molecule has 0 spiro atoms. The van der Waals surface area contributed by atoms with Crippen molar-refractivity contribution in [3.8, 4) is 11.5 Å². The Morgan fingerprint density at radius 1 is 1.26 bits per heavy atom. The molecule has 1 N–H and O–H groups in total. The Bertz CT molecular complexity index is 677. The third-order valence-electron chi connectivity index (χ3n) is 3.15. The van der Waals surface area contributed by atoms with E-state index < -0.39 is 0 Å². The lowest BCUT2D eigenvalue weighted by Crippen LogP contribution is -2.03. The van der Waals surface area contributed by atoms with Gasteiger partial charge in [0.15, 0.2) is 5.82 Å². The Morgan fingerprint density at radius 3 is 2.84 bits per heavy atom. The molecule has 3 aromatic heterocycles. The van der Waals surface area contributed by atoms with Gasteiger partial charge in [0.05, 0.1) is 6.33 Å². The fraction of sp³-hybridized carbons (Fsp3) is 0.286. The Balaban J connectivity index is 1.79. The minimum atomic E-state index is 0.828. The molecular formula is C14H16N4O. The van der Waals surface area contributed by atoms with E-state index in [0.717, 1.165) is 41.7 Å². The smallest absolute Gasteiger partial charge is 0.160 e. The molecule has 5 heteroatoms. The molecule has 19 heavy (non-hydrogen) atoms. The molecule has 0 amide bonds. The number of aryl methyl sites for hydroxylation is 4. The van der Waals surface area contributed by atoms with E-state index in [1.54, 1.807) is 12.5 Å². The number of rotatable bonds is 4. The second-order valence-corrected chi connectivity index (χ2v) is 4.58. The van der Waals surface area contributed by atoms with Gasteiger partial charge in [0.1, 0.15) is 17.2 Å². The molecule has 3 rings (SSSR count). The van der Waals surface area contributed by atoms with Crippen LogP contribution in [0.3, 0.4) is 0 Å². The maximum atomic E-state index is 5.58. The second-order valence-electron chi connectivity index (χ2n) is 4.58. The van der Waals surface area contributed by atoms with Gasteiger partial charge in [0.25, 0.3) is 0 Å².